The normalized spacial score (nSPS) is 12.5. The van der Waals surface area contributed by atoms with Gasteiger partial charge in [-0.2, -0.15) is 0 Å². The van der Waals surface area contributed by atoms with Gasteiger partial charge in [0, 0.05) is 62.5 Å². The van der Waals surface area contributed by atoms with Gasteiger partial charge in [0.15, 0.2) is 34.9 Å². The molecule has 4 aromatic heterocycles. The largest absolute Gasteiger partial charge is 0.494 e. The summed E-state index contributed by atoms with van der Waals surface area (Å²) in [5.74, 6) is 3.66. The summed E-state index contributed by atoms with van der Waals surface area (Å²) < 4.78 is 13.0. The summed E-state index contributed by atoms with van der Waals surface area (Å²) in [7, 11) is -0.530. The first-order valence-electron chi connectivity index (χ1n) is 39.4. The molecule has 1 saturated heterocycles. The minimum atomic E-state index is -0.530. The van der Waals surface area contributed by atoms with Gasteiger partial charge in [0.25, 0.3) is 0 Å². The lowest BCUT2D eigenvalue weighted by molar-refractivity contribution is 0.00578. The van der Waals surface area contributed by atoms with Gasteiger partial charge < -0.3 is 9.31 Å². The Morgan fingerprint density at radius 3 is 0.797 bits per heavy atom. The van der Waals surface area contributed by atoms with Crippen molar-refractivity contribution in [2.45, 2.75) is 38.9 Å². The monoisotopic (exact) mass is 1540 g/mol. The molecule has 5 heterocycles. The van der Waals surface area contributed by atoms with Crippen molar-refractivity contribution in [2.75, 3.05) is 0 Å². The third-order valence-electron chi connectivity index (χ3n) is 21.4. The van der Waals surface area contributed by atoms with Crippen molar-refractivity contribution in [1.82, 2.24) is 39.9 Å². The van der Waals surface area contributed by atoms with Crippen molar-refractivity contribution in [3.8, 4) is 169 Å². The van der Waals surface area contributed by atoms with E-state index in [9.17, 15) is 0 Å². The van der Waals surface area contributed by atoms with Crippen molar-refractivity contribution in [3.05, 3.63) is 418 Å². The Hall–Kier alpha value is -14.3. The van der Waals surface area contributed by atoms with Gasteiger partial charge in [-0.15, -0.1) is 0 Å². The van der Waals surface area contributed by atoms with Gasteiger partial charge >= 0.3 is 7.12 Å². The van der Waals surface area contributed by atoms with Gasteiger partial charge in [0.05, 0.1) is 27.6 Å². The highest BCUT2D eigenvalue weighted by molar-refractivity contribution is 6.62. The van der Waals surface area contributed by atoms with E-state index in [1.54, 1.807) is 6.20 Å². The molecule has 18 aromatic rings. The van der Waals surface area contributed by atoms with Gasteiger partial charge in [-0.25, -0.2) is 29.9 Å². The van der Waals surface area contributed by atoms with Crippen LogP contribution in [0.15, 0.2) is 413 Å². The quantitative estimate of drug-likeness (QED) is 0.0865. The number of hydrogen-bond donors (Lipinski definition) is 0. The van der Waals surface area contributed by atoms with E-state index in [0.29, 0.717) is 40.0 Å². The van der Waals surface area contributed by atoms with Gasteiger partial charge in [0.2, 0.25) is 0 Å². The van der Waals surface area contributed by atoms with Gasteiger partial charge in [-0.1, -0.05) is 370 Å². The number of benzene rings is 14. The Morgan fingerprint density at radius 1 is 0.212 bits per heavy atom. The molecule has 0 unspecified atom stereocenters. The fraction of sp³-hybridized carbons (Fsp3) is 0.0566. The number of hydrogen-bond acceptors (Lipinski definition) is 10. The molecule has 10 nitrogen and oxygen atoms in total. The summed E-state index contributed by atoms with van der Waals surface area (Å²) in [4.78, 5) is 39.7. The molecule has 0 N–H and O–H groups in total. The van der Waals surface area contributed by atoms with Crippen LogP contribution < -0.4 is 5.46 Å². The van der Waals surface area contributed by atoms with Crippen LogP contribution in [-0.4, -0.2) is 58.2 Å². The van der Waals surface area contributed by atoms with Crippen LogP contribution in [0.3, 0.4) is 0 Å². The molecule has 0 aliphatic carbocycles. The Bertz CT molecular complexity index is 6430. The highest BCUT2D eigenvalue weighted by Crippen LogP contribution is 2.41. The van der Waals surface area contributed by atoms with Crippen LogP contribution in [0.1, 0.15) is 27.7 Å². The molecule has 0 amide bonds. The minimum absolute atomic E-state index is 0.465. The molecule has 0 bridgehead atoms. The topological polar surface area (TPSA) is 122 Å². The zero-order valence-corrected chi connectivity index (χ0v) is 66.4. The van der Waals surface area contributed by atoms with Crippen LogP contribution in [0.5, 0.6) is 0 Å². The van der Waals surface area contributed by atoms with Crippen molar-refractivity contribution in [2.24, 2.45) is 0 Å². The number of halogens is 1. The molecule has 0 radical (unpaired) electrons. The van der Waals surface area contributed by atoms with Crippen molar-refractivity contribution in [1.29, 1.82) is 0 Å². The Kier molecular flexibility index (Phi) is 22.5. The molecule has 0 spiro atoms. The summed E-state index contributed by atoms with van der Waals surface area (Å²) in [5.41, 5.74) is 25.1. The maximum Gasteiger partial charge on any atom is 0.494 e. The van der Waals surface area contributed by atoms with E-state index in [4.69, 9.17) is 55.8 Å². The van der Waals surface area contributed by atoms with E-state index >= 15 is 0 Å². The fourth-order valence-electron chi connectivity index (χ4n) is 14.4. The second-order valence-electron chi connectivity index (χ2n) is 29.8. The molecule has 14 aromatic carbocycles. The van der Waals surface area contributed by atoms with Gasteiger partial charge in [-0.3, -0.25) is 9.97 Å². The first-order valence-corrected chi connectivity index (χ1v) is 39.8. The molecule has 0 atom stereocenters. The third-order valence-corrected chi connectivity index (χ3v) is 21.6. The molecule has 19 rings (SSSR count). The van der Waals surface area contributed by atoms with Crippen LogP contribution in [0.25, 0.3) is 169 Å². The van der Waals surface area contributed by atoms with Crippen LogP contribution in [-0.2, 0) is 9.31 Å². The second kappa shape index (κ2) is 34.8. The van der Waals surface area contributed by atoms with E-state index < -0.39 is 18.3 Å². The lowest BCUT2D eigenvalue weighted by Crippen LogP contribution is -2.41. The highest BCUT2D eigenvalue weighted by Gasteiger charge is 2.52. The zero-order valence-electron chi connectivity index (χ0n) is 65.6. The van der Waals surface area contributed by atoms with Crippen molar-refractivity contribution in [3.63, 3.8) is 0 Å². The maximum atomic E-state index is 6.49. The minimum Gasteiger partial charge on any atom is -0.399 e. The molecule has 12 heteroatoms. The smallest absolute Gasteiger partial charge is 0.399 e. The summed E-state index contributed by atoms with van der Waals surface area (Å²) >= 11 is 5.89. The second-order valence-corrected chi connectivity index (χ2v) is 30.2. The van der Waals surface area contributed by atoms with Gasteiger partial charge in [0.1, 0.15) is 0 Å². The Morgan fingerprint density at radius 2 is 0.449 bits per heavy atom. The summed E-state index contributed by atoms with van der Waals surface area (Å²) in [6.45, 7) is 8.29. The van der Waals surface area contributed by atoms with Crippen LogP contribution >= 0.6 is 11.6 Å². The fourth-order valence-corrected chi connectivity index (χ4v) is 14.5. The van der Waals surface area contributed by atoms with E-state index in [1.165, 1.54) is 22.3 Å². The summed E-state index contributed by atoms with van der Waals surface area (Å²) in [5, 5.41) is 0.654. The highest BCUT2D eigenvalue weighted by atomic mass is 35.5. The third kappa shape index (κ3) is 17.5. The molecule has 1 aliphatic heterocycles. The summed E-state index contributed by atoms with van der Waals surface area (Å²) in [6, 6.07) is 137. The molecule has 0 saturated carbocycles. The standard InChI is InChI=1S/C50H34N4.C39H34BN3O2.C17H12ClN/c1-5-15-35(16-6-1)37-25-27-40(28-26-37)49-52-48(39-21-11-4-12-22-39)53-50(54-49)44-32-42(36-17-7-2-8-18-36)31-43(33-44)41-29-30-47(51-34-41)46-24-14-13-23-45(46)38-19-9-3-10-20-38;1-38(2)39(3,4)45-40(44-38)34-25-32(28-16-10-6-11-17-28)24-33(26-34)37-42-35(30-18-12-7-13-19-30)41-36(43-37)31-22-20-29(21-23-31)27-14-8-5-9-15-27;18-14-10-11-17(19-12-14)16-9-5-4-8-15(16)13-6-2-1-3-7-13/h1-34H;5-26H,1-4H3;1-12H. The predicted octanol–water partition coefficient (Wildman–Crippen LogP) is 26.2. The van der Waals surface area contributed by atoms with Crippen LogP contribution in [0.4, 0.5) is 0 Å². The molecule has 566 valence electrons. The average Bonchev–Trinajstić information content (AvgIpc) is 1.66. The molecule has 1 fully saturated rings. The molecular formula is C106H80BClN8O2. The lowest BCUT2D eigenvalue weighted by Gasteiger charge is -2.32. The van der Waals surface area contributed by atoms with Crippen molar-refractivity contribution >= 4 is 24.2 Å². The number of pyridine rings is 2. The van der Waals surface area contributed by atoms with E-state index in [1.807, 2.05) is 152 Å². The number of aromatic nitrogens is 8. The Labute approximate surface area is 694 Å². The van der Waals surface area contributed by atoms with Crippen LogP contribution in [0.2, 0.25) is 5.02 Å². The molecular weight excluding hydrogens is 1460 g/mol. The number of nitrogens with zero attached hydrogens (tertiary/aromatic N) is 8. The summed E-state index contributed by atoms with van der Waals surface area (Å²) in [6.07, 6.45) is 3.65. The van der Waals surface area contributed by atoms with Crippen molar-refractivity contribution < 1.29 is 9.31 Å². The molecule has 1 aliphatic rings. The number of rotatable bonds is 16. The van der Waals surface area contributed by atoms with Crippen LogP contribution in [0, 0.1) is 0 Å². The van der Waals surface area contributed by atoms with Gasteiger partial charge in [-0.05, 0) is 148 Å². The zero-order chi connectivity index (χ0) is 80.2. The van der Waals surface area contributed by atoms with E-state index in [0.717, 1.165) is 117 Å². The predicted molar refractivity (Wildman–Crippen MR) is 484 cm³/mol. The lowest BCUT2D eigenvalue weighted by atomic mass is 9.77. The first kappa shape index (κ1) is 76.3. The SMILES string of the molecule is CC1(C)OB(c2cc(-c3ccccc3)cc(-c3nc(-c4ccccc4)nc(-c4ccc(-c5ccccc5)cc4)n3)c2)OC1(C)C.Clc1ccc(-c2ccccc2-c2ccccc2)nc1.c1ccc(-c2ccc(-c3nc(-c4ccccc4)nc(-c4cc(-c5ccccc5)cc(-c5ccc(-c6ccccc6-c6ccccc6)nc5)c4)n3)cc2)cc1. The van der Waals surface area contributed by atoms with E-state index in [-0.39, 0.29) is 0 Å². The maximum absolute atomic E-state index is 6.49. The van der Waals surface area contributed by atoms with E-state index in [2.05, 4.69) is 287 Å². The Balaban J connectivity index is 0.000000140. The first-order chi connectivity index (χ1) is 57.8. The molecule has 118 heavy (non-hydrogen) atoms. The average molecular weight is 1540 g/mol.